The van der Waals surface area contributed by atoms with Gasteiger partial charge in [0.1, 0.15) is 6.73 Å². The molecule has 1 saturated heterocycles. The molecule has 0 saturated carbocycles. The van der Waals surface area contributed by atoms with Crippen LogP contribution in [0.1, 0.15) is 18.9 Å². The lowest BCUT2D eigenvalue weighted by Gasteiger charge is -2.26. The molecule has 6 heteroatoms. The Labute approximate surface area is 121 Å². The van der Waals surface area contributed by atoms with Gasteiger partial charge in [0.15, 0.2) is 0 Å². The second-order valence-electron chi connectivity index (χ2n) is 5.37. The van der Waals surface area contributed by atoms with Crippen molar-refractivity contribution >= 4 is 5.91 Å². The summed E-state index contributed by atoms with van der Waals surface area (Å²) in [5, 5.41) is 0. The summed E-state index contributed by atoms with van der Waals surface area (Å²) in [4.78, 5) is 13.6. The summed E-state index contributed by atoms with van der Waals surface area (Å²) >= 11 is 0. The third-order valence-electron chi connectivity index (χ3n) is 3.54. The number of nitrogens with zero attached hydrogens (tertiary/aromatic N) is 1. The van der Waals surface area contributed by atoms with Crippen LogP contribution in [0.15, 0.2) is 30.3 Å². The highest BCUT2D eigenvalue weighted by Gasteiger charge is 2.38. The molecule has 1 aromatic carbocycles. The van der Waals surface area contributed by atoms with E-state index in [1.807, 2.05) is 30.3 Å². The van der Waals surface area contributed by atoms with E-state index in [9.17, 15) is 18.0 Å². The van der Waals surface area contributed by atoms with Gasteiger partial charge in [-0.3, -0.25) is 4.79 Å². The number of ether oxygens (including phenoxy) is 1. The minimum absolute atomic E-state index is 0.0680. The predicted octanol–water partition coefficient (Wildman–Crippen LogP) is 3.00. The molecular weight excluding hydrogens is 283 g/mol. The van der Waals surface area contributed by atoms with Gasteiger partial charge in [-0.1, -0.05) is 37.3 Å². The summed E-state index contributed by atoms with van der Waals surface area (Å²) in [5.74, 6) is -1.57. The van der Waals surface area contributed by atoms with E-state index in [1.54, 1.807) is 0 Å². The van der Waals surface area contributed by atoms with E-state index >= 15 is 0 Å². The van der Waals surface area contributed by atoms with Crippen LogP contribution in [0, 0.1) is 5.92 Å². The molecule has 0 aromatic heterocycles. The van der Waals surface area contributed by atoms with Crippen molar-refractivity contribution in [3.63, 3.8) is 0 Å². The van der Waals surface area contributed by atoms with Gasteiger partial charge in [0, 0.05) is 5.92 Å². The quantitative estimate of drug-likeness (QED) is 0.855. The fraction of sp³-hybridized carbons (Fsp3) is 0.533. The SMILES string of the molecule is C[C@H](CC(F)(F)F)C(=O)N1COC[C@H]1Cc1ccccc1. The highest BCUT2D eigenvalue weighted by molar-refractivity contribution is 5.79. The maximum Gasteiger partial charge on any atom is 0.389 e. The van der Waals surface area contributed by atoms with Crippen LogP contribution >= 0.6 is 0 Å². The molecule has 21 heavy (non-hydrogen) atoms. The molecule has 0 spiro atoms. The number of carbonyl (C=O) groups excluding carboxylic acids is 1. The van der Waals surface area contributed by atoms with Crippen molar-refractivity contribution in [2.75, 3.05) is 13.3 Å². The maximum absolute atomic E-state index is 12.4. The lowest BCUT2D eigenvalue weighted by Crippen LogP contribution is -2.41. The molecule has 1 aromatic rings. The van der Waals surface area contributed by atoms with Gasteiger partial charge >= 0.3 is 6.18 Å². The van der Waals surface area contributed by atoms with Gasteiger partial charge in [0.25, 0.3) is 0 Å². The molecule has 1 amide bonds. The zero-order chi connectivity index (χ0) is 15.5. The lowest BCUT2D eigenvalue weighted by molar-refractivity contribution is -0.159. The Morgan fingerprint density at radius 1 is 1.38 bits per heavy atom. The molecule has 0 N–H and O–H groups in total. The van der Waals surface area contributed by atoms with E-state index in [4.69, 9.17) is 4.74 Å². The van der Waals surface area contributed by atoms with E-state index in [-0.39, 0.29) is 12.8 Å². The second-order valence-corrected chi connectivity index (χ2v) is 5.37. The first-order valence-corrected chi connectivity index (χ1v) is 6.86. The summed E-state index contributed by atoms with van der Waals surface area (Å²) in [7, 11) is 0. The second kappa shape index (κ2) is 6.47. The smallest absolute Gasteiger partial charge is 0.359 e. The summed E-state index contributed by atoms with van der Waals surface area (Å²) in [6.45, 7) is 1.74. The minimum Gasteiger partial charge on any atom is -0.359 e. The van der Waals surface area contributed by atoms with Crippen molar-refractivity contribution in [3.05, 3.63) is 35.9 Å². The molecule has 1 aliphatic heterocycles. The van der Waals surface area contributed by atoms with Crippen molar-refractivity contribution in [3.8, 4) is 0 Å². The Morgan fingerprint density at radius 2 is 2.05 bits per heavy atom. The standard InChI is InChI=1S/C15H18F3NO2/c1-11(8-15(16,17)18)14(20)19-10-21-9-13(19)7-12-5-3-2-4-6-12/h2-6,11,13H,7-10H2,1H3/t11-,13-/m1/s1. The summed E-state index contributed by atoms with van der Waals surface area (Å²) in [6, 6.07) is 9.34. The highest BCUT2D eigenvalue weighted by atomic mass is 19.4. The molecule has 0 unspecified atom stereocenters. The minimum atomic E-state index is -4.33. The first kappa shape index (κ1) is 15.8. The third kappa shape index (κ3) is 4.46. The Kier molecular flexibility index (Phi) is 4.88. The molecule has 0 bridgehead atoms. The Hall–Kier alpha value is -1.56. The lowest BCUT2D eigenvalue weighted by atomic mass is 10.0. The zero-order valence-electron chi connectivity index (χ0n) is 11.8. The fourth-order valence-corrected chi connectivity index (χ4v) is 2.50. The van der Waals surface area contributed by atoms with Crippen LogP contribution in [0.5, 0.6) is 0 Å². The highest BCUT2D eigenvalue weighted by Crippen LogP contribution is 2.27. The van der Waals surface area contributed by atoms with Gasteiger partial charge in [-0.05, 0) is 12.0 Å². The average Bonchev–Trinajstić information content (AvgIpc) is 2.85. The molecule has 116 valence electrons. The molecular formula is C15H18F3NO2. The van der Waals surface area contributed by atoms with E-state index < -0.39 is 24.4 Å². The monoisotopic (exact) mass is 301 g/mol. The Balaban J connectivity index is 1.99. The zero-order valence-corrected chi connectivity index (χ0v) is 11.8. The molecule has 1 heterocycles. The Bertz CT molecular complexity index is 476. The van der Waals surface area contributed by atoms with E-state index in [0.29, 0.717) is 13.0 Å². The van der Waals surface area contributed by atoms with Crippen molar-refractivity contribution in [2.24, 2.45) is 5.92 Å². The van der Waals surface area contributed by atoms with Crippen LogP contribution in [0.4, 0.5) is 13.2 Å². The van der Waals surface area contributed by atoms with Crippen molar-refractivity contribution in [1.29, 1.82) is 0 Å². The number of hydrogen-bond acceptors (Lipinski definition) is 2. The summed E-state index contributed by atoms with van der Waals surface area (Å²) in [6.07, 6.45) is -4.84. The normalized spacial score (nSPS) is 20.6. The van der Waals surface area contributed by atoms with Crippen molar-refractivity contribution in [2.45, 2.75) is 32.0 Å². The molecule has 0 radical (unpaired) electrons. The molecule has 1 aliphatic rings. The molecule has 1 fully saturated rings. The molecule has 2 rings (SSSR count). The summed E-state index contributed by atoms with van der Waals surface area (Å²) < 4.78 is 42.5. The van der Waals surface area contributed by atoms with Crippen LogP contribution in [0.2, 0.25) is 0 Å². The van der Waals surface area contributed by atoms with Crippen LogP contribution < -0.4 is 0 Å². The van der Waals surface area contributed by atoms with Crippen LogP contribution in [-0.4, -0.2) is 36.4 Å². The van der Waals surface area contributed by atoms with Crippen molar-refractivity contribution < 1.29 is 22.7 Å². The van der Waals surface area contributed by atoms with Gasteiger partial charge in [0.05, 0.1) is 19.1 Å². The van der Waals surface area contributed by atoms with Gasteiger partial charge in [-0.2, -0.15) is 13.2 Å². The predicted molar refractivity (Wildman–Crippen MR) is 71.4 cm³/mol. The number of alkyl halides is 3. The largest absolute Gasteiger partial charge is 0.389 e. The molecule has 0 aliphatic carbocycles. The third-order valence-corrected chi connectivity index (χ3v) is 3.54. The maximum atomic E-state index is 12.4. The number of carbonyl (C=O) groups is 1. The fourth-order valence-electron chi connectivity index (χ4n) is 2.50. The van der Waals surface area contributed by atoms with Gasteiger partial charge < -0.3 is 9.64 Å². The average molecular weight is 301 g/mol. The van der Waals surface area contributed by atoms with Crippen molar-refractivity contribution in [1.82, 2.24) is 4.90 Å². The van der Waals surface area contributed by atoms with E-state index in [1.165, 1.54) is 11.8 Å². The summed E-state index contributed by atoms with van der Waals surface area (Å²) in [5.41, 5.74) is 1.04. The van der Waals surface area contributed by atoms with Crippen LogP contribution in [-0.2, 0) is 16.0 Å². The number of rotatable bonds is 4. The topological polar surface area (TPSA) is 29.5 Å². The van der Waals surface area contributed by atoms with Gasteiger partial charge in [-0.15, -0.1) is 0 Å². The first-order chi connectivity index (χ1) is 9.87. The molecule has 2 atom stereocenters. The number of halogens is 3. The molecule has 3 nitrogen and oxygen atoms in total. The number of hydrogen-bond donors (Lipinski definition) is 0. The van der Waals surface area contributed by atoms with Gasteiger partial charge in [0.2, 0.25) is 5.91 Å². The number of benzene rings is 1. The Morgan fingerprint density at radius 3 is 2.67 bits per heavy atom. The van der Waals surface area contributed by atoms with E-state index in [2.05, 4.69) is 0 Å². The van der Waals surface area contributed by atoms with Crippen LogP contribution in [0.25, 0.3) is 0 Å². The van der Waals surface area contributed by atoms with Gasteiger partial charge in [-0.25, -0.2) is 0 Å². The van der Waals surface area contributed by atoms with Crippen LogP contribution in [0.3, 0.4) is 0 Å². The first-order valence-electron chi connectivity index (χ1n) is 6.86. The number of amides is 1. The van der Waals surface area contributed by atoms with E-state index in [0.717, 1.165) is 5.56 Å².